The molecule has 0 amide bonds. The van der Waals surface area contributed by atoms with Gasteiger partial charge in [-0.15, -0.1) is 0 Å². The number of pyridine rings is 1. The fourth-order valence-electron chi connectivity index (χ4n) is 1.83. The van der Waals surface area contributed by atoms with Gasteiger partial charge in [0, 0.05) is 16.6 Å². The van der Waals surface area contributed by atoms with E-state index in [-0.39, 0.29) is 5.82 Å². The standard InChI is InChI=1S/C14H11BrFN5/c15-11-1-3-13(16)10(5-11)6-18-12-2-4-14(19-7-12)21-9-17-8-20-21/h1-5,7-9,18H,6H2. The molecule has 0 unspecified atom stereocenters. The first-order valence-electron chi connectivity index (χ1n) is 6.21. The first-order chi connectivity index (χ1) is 10.2. The minimum absolute atomic E-state index is 0.238. The summed E-state index contributed by atoms with van der Waals surface area (Å²) in [5, 5.41) is 7.13. The van der Waals surface area contributed by atoms with Gasteiger partial charge in [0.05, 0.1) is 11.9 Å². The van der Waals surface area contributed by atoms with E-state index in [1.807, 2.05) is 12.1 Å². The summed E-state index contributed by atoms with van der Waals surface area (Å²) in [6.45, 7) is 0.385. The van der Waals surface area contributed by atoms with Gasteiger partial charge in [0.1, 0.15) is 18.5 Å². The highest BCUT2D eigenvalue weighted by molar-refractivity contribution is 9.10. The van der Waals surface area contributed by atoms with Crippen LogP contribution in [0.4, 0.5) is 10.1 Å². The summed E-state index contributed by atoms with van der Waals surface area (Å²) in [5.74, 6) is 0.435. The Morgan fingerprint density at radius 3 is 2.86 bits per heavy atom. The van der Waals surface area contributed by atoms with Crippen LogP contribution in [0.25, 0.3) is 5.82 Å². The number of rotatable bonds is 4. The van der Waals surface area contributed by atoms with Gasteiger partial charge in [-0.2, -0.15) is 5.10 Å². The predicted molar refractivity (Wildman–Crippen MR) is 80.6 cm³/mol. The van der Waals surface area contributed by atoms with Crippen molar-refractivity contribution >= 4 is 21.6 Å². The molecule has 106 valence electrons. The van der Waals surface area contributed by atoms with Crippen LogP contribution in [0, 0.1) is 5.82 Å². The van der Waals surface area contributed by atoms with E-state index in [1.165, 1.54) is 12.4 Å². The molecule has 0 fully saturated rings. The SMILES string of the molecule is Fc1ccc(Br)cc1CNc1ccc(-n2cncn2)nc1. The third-order valence-electron chi connectivity index (χ3n) is 2.89. The van der Waals surface area contributed by atoms with Crippen molar-refractivity contribution in [3.8, 4) is 5.82 Å². The molecule has 0 saturated heterocycles. The van der Waals surface area contributed by atoms with E-state index in [9.17, 15) is 4.39 Å². The topological polar surface area (TPSA) is 55.6 Å². The number of halogens is 2. The van der Waals surface area contributed by atoms with Gasteiger partial charge >= 0.3 is 0 Å². The summed E-state index contributed by atoms with van der Waals surface area (Å²) < 4.78 is 16.0. The van der Waals surface area contributed by atoms with Crippen molar-refractivity contribution in [3.63, 3.8) is 0 Å². The van der Waals surface area contributed by atoms with Crippen LogP contribution >= 0.6 is 15.9 Å². The molecule has 0 spiro atoms. The Bertz CT molecular complexity index is 728. The molecule has 7 heteroatoms. The second-order valence-corrected chi connectivity index (χ2v) is 5.25. The van der Waals surface area contributed by atoms with Crippen molar-refractivity contribution in [1.29, 1.82) is 0 Å². The zero-order chi connectivity index (χ0) is 14.7. The molecule has 0 aliphatic rings. The number of hydrogen-bond donors (Lipinski definition) is 1. The average Bonchev–Trinajstić information content (AvgIpc) is 3.03. The Balaban J connectivity index is 1.70. The molecule has 3 aromatic rings. The summed E-state index contributed by atoms with van der Waals surface area (Å²) in [4.78, 5) is 8.13. The lowest BCUT2D eigenvalue weighted by atomic mass is 10.2. The van der Waals surface area contributed by atoms with Crippen LogP contribution in [0.2, 0.25) is 0 Å². The summed E-state index contributed by atoms with van der Waals surface area (Å²) in [7, 11) is 0. The minimum Gasteiger partial charge on any atom is -0.380 e. The van der Waals surface area contributed by atoms with E-state index < -0.39 is 0 Å². The highest BCUT2D eigenvalue weighted by atomic mass is 79.9. The van der Waals surface area contributed by atoms with Crippen LogP contribution in [0.15, 0.2) is 53.7 Å². The fraction of sp³-hybridized carbons (Fsp3) is 0.0714. The number of aromatic nitrogens is 4. The molecule has 5 nitrogen and oxygen atoms in total. The van der Waals surface area contributed by atoms with Crippen LogP contribution in [0.5, 0.6) is 0 Å². The fourth-order valence-corrected chi connectivity index (χ4v) is 2.24. The van der Waals surface area contributed by atoms with E-state index in [0.29, 0.717) is 17.9 Å². The average molecular weight is 348 g/mol. The maximum atomic E-state index is 13.6. The molecule has 0 aliphatic heterocycles. The van der Waals surface area contributed by atoms with Crippen molar-refractivity contribution in [3.05, 3.63) is 65.0 Å². The van der Waals surface area contributed by atoms with Gasteiger partial charge in [-0.1, -0.05) is 15.9 Å². The maximum absolute atomic E-state index is 13.6. The van der Waals surface area contributed by atoms with Gasteiger partial charge in [0.15, 0.2) is 5.82 Å². The summed E-state index contributed by atoms with van der Waals surface area (Å²) in [6, 6.07) is 8.54. The zero-order valence-electron chi connectivity index (χ0n) is 10.9. The molecule has 21 heavy (non-hydrogen) atoms. The molecule has 1 N–H and O–H groups in total. The van der Waals surface area contributed by atoms with Crippen LogP contribution in [-0.4, -0.2) is 19.7 Å². The molecule has 3 rings (SSSR count). The van der Waals surface area contributed by atoms with Crippen LogP contribution < -0.4 is 5.32 Å². The van der Waals surface area contributed by atoms with Crippen LogP contribution in [0.1, 0.15) is 5.56 Å². The Morgan fingerprint density at radius 2 is 2.14 bits per heavy atom. The van der Waals surface area contributed by atoms with E-state index in [2.05, 4.69) is 36.3 Å². The molecule has 2 aromatic heterocycles. The Labute approximate surface area is 129 Å². The molecule has 2 heterocycles. The number of hydrogen-bond acceptors (Lipinski definition) is 4. The molecular weight excluding hydrogens is 337 g/mol. The quantitative estimate of drug-likeness (QED) is 0.787. The first-order valence-corrected chi connectivity index (χ1v) is 7.00. The van der Waals surface area contributed by atoms with Crippen molar-refractivity contribution in [1.82, 2.24) is 19.7 Å². The second kappa shape index (κ2) is 6.01. The van der Waals surface area contributed by atoms with Gasteiger partial charge in [-0.25, -0.2) is 19.0 Å². The van der Waals surface area contributed by atoms with Gasteiger partial charge in [0.25, 0.3) is 0 Å². The molecule has 0 saturated carbocycles. The van der Waals surface area contributed by atoms with E-state index in [0.717, 1.165) is 10.2 Å². The van der Waals surface area contributed by atoms with Gasteiger partial charge < -0.3 is 5.32 Å². The lowest BCUT2D eigenvalue weighted by Crippen LogP contribution is -2.03. The molecule has 0 aliphatic carbocycles. The zero-order valence-corrected chi connectivity index (χ0v) is 12.5. The highest BCUT2D eigenvalue weighted by Gasteiger charge is 2.03. The Hall–Kier alpha value is -2.28. The minimum atomic E-state index is -0.238. The molecule has 0 bridgehead atoms. The summed E-state index contributed by atoms with van der Waals surface area (Å²) in [5.41, 5.74) is 1.39. The number of nitrogens with zero attached hydrogens (tertiary/aromatic N) is 4. The van der Waals surface area contributed by atoms with Crippen molar-refractivity contribution in [2.45, 2.75) is 6.54 Å². The number of anilines is 1. The Kier molecular flexibility index (Phi) is 3.92. The molecule has 0 radical (unpaired) electrons. The normalized spacial score (nSPS) is 10.6. The predicted octanol–water partition coefficient (Wildman–Crippen LogP) is 3.18. The van der Waals surface area contributed by atoms with Crippen LogP contribution in [0.3, 0.4) is 0 Å². The molecule has 0 atom stereocenters. The lowest BCUT2D eigenvalue weighted by molar-refractivity contribution is 0.612. The van der Waals surface area contributed by atoms with Crippen molar-refractivity contribution in [2.75, 3.05) is 5.32 Å². The van der Waals surface area contributed by atoms with E-state index in [4.69, 9.17) is 0 Å². The molecular formula is C14H11BrFN5. The largest absolute Gasteiger partial charge is 0.380 e. The maximum Gasteiger partial charge on any atom is 0.155 e. The Morgan fingerprint density at radius 1 is 1.24 bits per heavy atom. The first kappa shape index (κ1) is 13.7. The highest BCUT2D eigenvalue weighted by Crippen LogP contribution is 2.17. The van der Waals surface area contributed by atoms with Gasteiger partial charge in [0.2, 0.25) is 0 Å². The van der Waals surface area contributed by atoms with Gasteiger partial charge in [-0.05, 0) is 30.3 Å². The number of benzene rings is 1. The lowest BCUT2D eigenvalue weighted by Gasteiger charge is -2.08. The smallest absolute Gasteiger partial charge is 0.155 e. The second-order valence-electron chi connectivity index (χ2n) is 4.33. The van der Waals surface area contributed by atoms with E-state index >= 15 is 0 Å². The third-order valence-corrected chi connectivity index (χ3v) is 3.39. The van der Waals surface area contributed by atoms with Gasteiger partial charge in [-0.3, -0.25) is 0 Å². The number of nitrogens with one attached hydrogen (secondary N) is 1. The third kappa shape index (κ3) is 3.25. The van der Waals surface area contributed by atoms with E-state index in [1.54, 1.807) is 29.3 Å². The summed E-state index contributed by atoms with van der Waals surface area (Å²) >= 11 is 3.33. The van der Waals surface area contributed by atoms with Crippen molar-refractivity contribution in [2.24, 2.45) is 0 Å². The summed E-state index contributed by atoms with van der Waals surface area (Å²) in [6.07, 6.45) is 4.70. The monoisotopic (exact) mass is 347 g/mol. The van der Waals surface area contributed by atoms with Crippen LogP contribution in [-0.2, 0) is 6.54 Å². The van der Waals surface area contributed by atoms with Crippen molar-refractivity contribution < 1.29 is 4.39 Å². The molecule has 1 aromatic carbocycles.